The van der Waals surface area contributed by atoms with E-state index in [-0.39, 0.29) is 16.5 Å². The van der Waals surface area contributed by atoms with Gasteiger partial charge in [-0.1, -0.05) is 17.7 Å². The Kier molecular flexibility index (Phi) is 5.62. The summed E-state index contributed by atoms with van der Waals surface area (Å²) >= 11 is 5.94. The van der Waals surface area contributed by atoms with E-state index >= 15 is 0 Å². The number of sulfonamides is 1. The normalized spacial score (nSPS) is 15.6. The fourth-order valence-corrected chi connectivity index (χ4v) is 3.33. The third-order valence-electron chi connectivity index (χ3n) is 3.50. The highest BCUT2D eigenvalue weighted by atomic mass is 35.5. The third kappa shape index (κ3) is 4.40. The van der Waals surface area contributed by atoms with Gasteiger partial charge in [0, 0.05) is 25.2 Å². The Morgan fingerprint density at radius 1 is 1.43 bits per heavy atom. The Morgan fingerprint density at radius 3 is 2.71 bits per heavy atom. The van der Waals surface area contributed by atoms with Crippen LogP contribution in [0.5, 0.6) is 0 Å². The van der Waals surface area contributed by atoms with E-state index < -0.39 is 10.0 Å². The Hall–Kier alpha value is -0.660. The summed E-state index contributed by atoms with van der Waals surface area (Å²) in [5.41, 5.74) is 0.506. The molecule has 118 valence electrons. The van der Waals surface area contributed by atoms with Gasteiger partial charge in [-0.15, -0.1) is 0 Å². The van der Waals surface area contributed by atoms with Crippen molar-refractivity contribution >= 4 is 21.6 Å². The smallest absolute Gasteiger partial charge is 0.242 e. The molecule has 1 aliphatic rings. The molecule has 5 nitrogen and oxygen atoms in total. The summed E-state index contributed by atoms with van der Waals surface area (Å²) in [7, 11) is -2.07. The first-order valence-electron chi connectivity index (χ1n) is 6.88. The monoisotopic (exact) mass is 333 g/mol. The van der Waals surface area contributed by atoms with Gasteiger partial charge in [-0.25, -0.2) is 8.42 Å². The summed E-state index contributed by atoms with van der Waals surface area (Å²) in [6.07, 6.45) is 2.42. The van der Waals surface area contributed by atoms with Crippen molar-refractivity contribution in [3.05, 3.63) is 28.8 Å². The maximum atomic E-state index is 12.4. The third-order valence-corrected chi connectivity index (χ3v) is 5.71. The van der Waals surface area contributed by atoms with Gasteiger partial charge in [-0.05, 0) is 36.5 Å². The average molecular weight is 334 g/mol. The number of hydrogen-bond acceptors (Lipinski definition) is 4. The van der Waals surface area contributed by atoms with Gasteiger partial charge >= 0.3 is 0 Å². The van der Waals surface area contributed by atoms with Crippen LogP contribution in [0, 0.1) is 5.92 Å². The molecule has 1 saturated carbocycles. The van der Waals surface area contributed by atoms with Gasteiger partial charge in [0.2, 0.25) is 10.0 Å². The van der Waals surface area contributed by atoms with Crippen molar-refractivity contribution in [2.45, 2.75) is 24.3 Å². The van der Waals surface area contributed by atoms with E-state index in [9.17, 15) is 8.42 Å². The van der Waals surface area contributed by atoms with Crippen LogP contribution in [0.25, 0.3) is 0 Å². The SMILES string of the molecule is CN(CCOCC1CC1)S(=O)(=O)c1ccc(CO)c(Cl)c1. The number of hydrogen-bond donors (Lipinski definition) is 1. The maximum absolute atomic E-state index is 12.4. The van der Waals surface area contributed by atoms with Crippen LogP contribution in [0.2, 0.25) is 5.02 Å². The number of halogens is 1. The van der Waals surface area contributed by atoms with Crippen LogP contribution in [0.15, 0.2) is 23.1 Å². The summed E-state index contributed by atoms with van der Waals surface area (Å²) in [6, 6.07) is 4.34. The number of nitrogens with zero attached hydrogens (tertiary/aromatic N) is 1. The second-order valence-electron chi connectivity index (χ2n) is 5.26. The molecule has 0 saturated heterocycles. The van der Waals surface area contributed by atoms with Crippen molar-refractivity contribution in [1.29, 1.82) is 0 Å². The summed E-state index contributed by atoms with van der Waals surface area (Å²) < 4.78 is 31.5. The highest BCUT2D eigenvalue weighted by Crippen LogP contribution is 2.28. The minimum atomic E-state index is -3.58. The molecule has 1 aromatic rings. The molecule has 7 heteroatoms. The largest absolute Gasteiger partial charge is 0.392 e. The summed E-state index contributed by atoms with van der Waals surface area (Å²) in [6.45, 7) is 1.18. The number of aliphatic hydroxyl groups excluding tert-OH is 1. The van der Waals surface area contributed by atoms with E-state index in [1.807, 2.05) is 0 Å². The predicted molar refractivity (Wildman–Crippen MR) is 80.7 cm³/mol. The first-order chi connectivity index (χ1) is 9.95. The molecule has 2 rings (SSSR count). The molecule has 0 amide bonds. The van der Waals surface area contributed by atoms with Gasteiger partial charge in [0.1, 0.15) is 0 Å². The van der Waals surface area contributed by atoms with Crippen molar-refractivity contribution in [2.75, 3.05) is 26.8 Å². The molecule has 1 aliphatic carbocycles. The van der Waals surface area contributed by atoms with E-state index in [4.69, 9.17) is 21.4 Å². The predicted octanol–water partition coefficient (Wildman–Crippen LogP) is 1.88. The second-order valence-corrected chi connectivity index (χ2v) is 7.71. The molecule has 0 radical (unpaired) electrons. The Labute approximate surface area is 130 Å². The van der Waals surface area contributed by atoms with Gasteiger partial charge in [0.25, 0.3) is 0 Å². The molecule has 0 bridgehead atoms. The highest BCUT2D eigenvalue weighted by Gasteiger charge is 2.23. The van der Waals surface area contributed by atoms with Crippen LogP contribution >= 0.6 is 11.6 Å². The highest BCUT2D eigenvalue weighted by molar-refractivity contribution is 7.89. The molecule has 1 aromatic carbocycles. The summed E-state index contributed by atoms with van der Waals surface area (Å²) in [4.78, 5) is 0.120. The molecular weight excluding hydrogens is 314 g/mol. The molecule has 0 heterocycles. The Morgan fingerprint density at radius 2 is 2.14 bits per heavy atom. The summed E-state index contributed by atoms with van der Waals surface area (Å²) in [5, 5.41) is 9.30. The molecule has 1 fully saturated rings. The summed E-state index contributed by atoms with van der Waals surface area (Å²) in [5.74, 6) is 0.664. The second kappa shape index (κ2) is 7.07. The first kappa shape index (κ1) is 16.7. The van der Waals surface area contributed by atoms with Crippen molar-refractivity contribution in [3.8, 4) is 0 Å². The number of rotatable bonds is 8. The lowest BCUT2D eigenvalue weighted by atomic mass is 10.2. The van der Waals surface area contributed by atoms with Crippen LogP contribution in [-0.4, -0.2) is 44.6 Å². The van der Waals surface area contributed by atoms with Crippen molar-refractivity contribution in [2.24, 2.45) is 5.92 Å². The zero-order chi connectivity index (χ0) is 15.5. The first-order valence-corrected chi connectivity index (χ1v) is 8.70. The molecule has 0 spiro atoms. The van der Waals surface area contributed by atoms with E-state index in [1.165, 1.54) is 42.4 Å². The van der Waals surface area contributed by atoms with Crippen molar-refractivity contribution in [3.63, 3.8) is 0 Å². The zero-order valence-electron chi connectivity index (χ0n) is 12.0. The lowest BCUT2D eigenvalue weighted by molar-refractivity contribution is 0.117. The van der Waals surface area contributed by atoms with E-state index in [0.29, 0.717) is 31.2 Å². The van der Waals surface area contributed by atoms with E-state index in [1.54, 1.807) is 0 Å². The number of likely N-dealkylation sites (N-methyl/N-ethyl adjacent to an activating group) is 1. The fraction of sp³-hybridized carbons (Fsp3) is 0.571. The number of ether oxygens (including phenoxy) is 1. The Balaban J connectivity index is 1.96. The minimum Gasteiger partial charge on any atom is -0.392 e. The van der Waals surface area contributed by atoms with Gasteiger partial charge in [-0.2, -0.15) is 4.31 Å². The van der Waals surface area contributed by atoms with Gasteiger partial charge in [-0.3, -0.25) is 0 Å². The molecule has 0 aromatic heterocycles. The van der Waals surface area contributed by atoms with Crippen molar-refractivity contribution < 1.29 is 18.3 Å². The topological polar surface area (TPSA) is 66.8 Å². The minimum absolute atomic E-state index is 0.120. The van der Waals surface area contributed by atoms with Crippen LogP contribution in [0.4, 0.5) is 0 Å². The van der Waals surface area contributed by atoms with Gasteiger partial charge in [0.05, 0.1) is 18.1 Å². The van der Waals surface area contributed by atoms with Crippen LogP contribution < -0.4 is 0 Å². The molecule has 21 heavy (non-hydrogen) atoms. The van der Waals surface area contributed by atoms with Crippen molar-refractivity contribution in [1.82, 2.24) is 4.31 Å². The molecular formula is C14H20ClNO4S. The molecule has 1 N–H and O–H groups in total. The van der Waals surface area contributed by atoms with E-state index in [0.717, 1.165) is 0 Å². The lowest BCUT2D eigenvalue weighted by Crippen LogP contribution is -2.30. The molecule has 0 unspecified atom stereocenters. The Bertz CT molecular complexity index is 587. The van der Waals surface area contributed by atoms with Crippen LogP contribution in [-0.2, 0) is 21.4 Å². The van der Waals surface area contributed by atoms with Crippen LogP contribution in [0.1, 0.15) is 18.4 Å². The molecule has 0 atom stereocenters. The lowest BCUT2D eigenvalue weighted by Gasteiger charge is -2.17. The number of benzene rings is 1. The van der Waals surface area contributed by atoms with Gasteiger partial charge < -0.3 is 9.84 Å². The quantitative estimate of drug-likeness (QED) is 0.738. The zero-order valence-corrected chi connectivity index (χ0v) is 13.5. The van der Waals surface area contributed by atoms with Gasteiger partial charge in [0.15, 0.2) is 0 Å². The average Bonchev–Trinajstić information content (AvgIpc) is 3.27. The maximum Gasteiger partial charge on any atom is 0.242 e. The van der Waals surface area contributed by atoms with Crippen LogP contribution in [0.3, 0.4) is 0 Å². The number of aliphatic hydroxyl groups is 1. The standard InChI is InChI=1S/C14H20ClNO4S/c1-16(6-7-20-10-11-2-3-11)21(18,19)13-5-4-12(9-17)14(15)8-13/h4-5,8,11,17H,2-3,6-7,9-10H2,1H3. The fourth-order valence-electron chi connectivity index (χ4n) is 1.84. The van der Waals surface area contributed by atoms with E-state index in [2.05, 4.69) is 0 Å². The molecule has 0 aliphatic heterocycles.